The van der Waals surface area contributed by atoms with Gasteiger partial charge in [0.05, 0.1) is 10.0 Å². The van der Waals surface area contributed by atoms with Crippen molar-refractivity contribution in [1.29, 1.82) is 0 Å². The highest BCUT2D eigenvalue weighted by molar-refractivity contribution is 6.43. The molecule has 1 aromatic carbocycles. The average molecular weight is 408 g/mol. The predicted octanol–water partition coefficient (Wildman–Crippen LogP) is 3.68. The fourth-order valence-electron chi connectivity index (χ4n) is 3.83. The molecular formula is C19H23Cl2N5O. The van der Waals surface area contributed by atoms with Gasteiger partial charge in [-0.3, -0.25) is 4.79 Å². The first kappa shape index (κ1) is 18.7. The summed E-state index contributed by atoms with van der Waals surface area (Å²) in [6.45, 7) is 3.07. The highest BCUT2D eigenvalue weighted by Crippen LogP contribution is 2.34. The van der Waals surface area contributed by atoms with Gasteiger partial charge < -0.3 is 15.1 Å². The molecule has 4 rings (SSSR count). The second kappa shape index (κ2) is 7.78. The lowest BCUT2D eigenvalue weighted by Gasteiger charge is -2.32. The van der Waals surface area contributed by atoms with E-state index in [0.29, 0.717) is 46.1 Å². The van der Waals surface area contributed by atoms with Crippen LogP contribution in [-0.2, 0) is 0 Å². The summed E-state index contributed by atoms with van der Waals surface area (Å²) in [6.07, 6.45) is 4.67. The SMILES string of the molecule is CN1CCN(C(=O)c2nnc(NC3CCCC3)c3cc(Cl)c(Cl)cc23)CC1. The lowest BCUT2D eigenvalue weighted by atomic mass is 10.1. The zero-order chi connectivity index (χ0) is 19.0. The maximum atomic E-state index is 13.1. The van der Waals surface area contributed by atoms with Crippen molar-refractivity contribution in [2.75, 3.05) is 38.5 Å². The van der Waals surface area contributed by atoms with Crippen molar-refractivity contribution in [1.82, 2.24) is 20.0 Å². The van der Waals surface area contributed by atoms with Crippen molar-refractivity contribution < 1.29 is 4.79 Å². The number of carbonyl (C=O) groups excluding carboxylic acids is 1. The first-order chi connectivity index (χ1) is 13.0. The minimum atomic E-state index is -0.105. The number of aromatic nitrogens is 2. The zero-order valence-corrected chi connectivity index (χ0v) is 16.9. The number of fused-ring (bicyclic) bond motifs is 1. The number of piperazine rings is 1. The summed E-state index contributed by atoms with van der Waals surface area (Å²) >= 11 is 12.5. The summed E-state index contributed by atoms with van der Waals surface area (Å²) in [6, 6.07) is 3.90. The van der Waals surface area contributed by atoms with Gasteiger partial charge in [0.25, 0.3) is 5.91 Å². The van der Waals surface area contributed by atoms with Gasteiger partial charge >= 0.3 is 0 Å². The Bertz CT molecular complexity index is 861. The standard InChI is InChI=1S/C19H23Cl2N5O/c1-25-6-8-26(9-7-25)19(27)17-13-10-15(20)16(21)11-14(13)18(24-23-17)22-12-4-2-3-5-12/h10-12H,2-9H2,1H3,(H,22,24). The number of carbonyl (C=O) groups is 1. The van der Waals surface area contributed by atoms with Gasteiger partial charge in [0.2, 0.25) is 0 Å². The summed E-state index contributed by atoms with van der Waals surface area (Å²) in [5.74, 6) is 0.566. The number of nitrogens with zero attached hydrogens (tertiary/aromatic N) is 4. The third kappa shape index (κ3) is 3.84. The molecule has 2 aliphatic rings. The fourth-order valence-corrected chi connectivity index (χ4v) is 4.16. The molecule has 6 nitrogen and oxygen atoms in total. The Balaban J connectivity index is 1.72. The zero-order valence-electron chi connectivity index (χ0n) is 15.3. The monoisotopic (exact) mass is 407 g/mol. The van der Waals surface area contributed by atoms with E-state index in [4.69, 9.17) is 23.2 Å². The van der Waals surface area contributed by atoms with Gasteiger partial charge in [-0.1, -0.05) is 36.0 Å². The molecule has 1 aliphatic carbocycles. The first-order valence-corrected chi connectivity index (χ1v) is 10.2. The van der Waals surface area contributed by atoms with Crippen LogP contribution in [0.25, 0.3) is 10.8 Å². The van der Waals surface area contributed by atoms with E-state index in [2.05, 4.69) is 27.5 Å². The number of rotatable bonds is 3. The van der Waals surface area contributed by atoms with Crippen LogP contribution in [0.5, 0.6) is 0 Å². The number of halogens is 2. The van der Waals surface area contributed by atoms with E-state index < -0.39 is 0 Å². The summed E-state index contributed by atoms with van der Waals surface area (Å²) in [4.78, 5) is 17.1. The molecule has 1 aliphatic heterocycles. The minimum absolute atomic E-state index is 0.105. The second-order valence-corrected chi connectivity index (χ2v) is 8.24. The van der Waals surface area contributed by atoms with E-state index in [1.807, 2.05) is 4.90 Å². The average Bonchev–Trinajstić information content (AvgIpc) is 3.16. The molecule has 0 atom stereocenters. The number of nitrogens with one attached hydrogen (secondary N) is 1. The van der Waals surface area contributed by atoms with Gasteiger partial charge in [-0.05, 0) is 32.0 Å². The minimum Gasteiger partial charge on any atom is -0.365 e. The van der Waals surface area contributed by atoms with Gasteiger partial charge in [0.1, 0.15) is 0 Å². The van der Waals surface area contributed by atoms with Crippen LogP contribution in [0, 0.1) is 0 Å². The van der Waals surface area contributed by atoms with E-state index in [0.717, 1.165) is 31.3 Å². The molecular weight excluding hydrogens is 385 g/mol. The first-order valence-electron chi connectivity index (χ1n) is 9.42. The summed E-state index contributed by atoms with van der Waals surface area (Å²) < 4.78 is 0. The number of anilines is 1. The Labute approximate surface area is 168 Å². The third-order valence-corrected chi connectivity index (χ3v) is 6.23. The molecule has 2 heterocycles. The number of amides is 1. The number of hydrogen-bond acceptors (Lipinski definition) is 5. The molecule has 8 heteroatoms. The van der Waals surface area contributed by atoms with Crippen LogP contribution in [-0.4, -0.2) is 65.2 Å². The van der Waals surface area contributed by atoms with E-state index in [1.165, 1.54) is 12.8 Å². The Morgan fingerprint density at radius 2 is 1.67 bits per heavy atom. The Hall–Kier alpha value is -1.63. The quantitative estimate of drug-likeness (QED) is 0.840. The molecule has 144 valence electrons. The van der Waals surface area contributed by atoms with Crippen LogP contribution in [0.3, 0.4) is 0 Å². The summed E-state index contributed by atoms with van der Waals surface area (Å²) in [5, 5.41) is 14.5. The number of hydrogen-bond donors (Lipinski definition) is 1. The lowest BCUT2D eigenvalue weighted by Crippen LogP contribution is -2.47. The summed E-state index contributed by atoms with van der Waals surface area (Å²) in [7, 11) is 2.06. The van der Waals surface area contributed by atoms with Crippen LogP contribution < -0.4 is 5.32 Å². The Kier molecular flexibility index (Phi) is 5.39. The van der Waals surface area contributed by atoms with Crippen LogP contribution in [0.1, 0.15) is 36.2 Å². The normalized spacial score (nSPS) is 19.0. The maximum Gasteiger partial charge on any atom is 0.275 e. The molecule has 27 heavy (non-hydrogen) atoms. The molecule has 0 bridgehead atoms. The molecule has 2 fully saturated rings. The smallest absolute Gasteiger partial charge is 0.275 e. The molecule has 1 N–H and O–H groups in total. The Morgan fingerprint density at radius 1 is 1.04 bits per heavy atom. The summed E-state index contributed by atoms with van der Waals surface area (Å²) in [5.41, 5.74) is 0.338. The molecule has 1 saturated carbocycles. The van der Waals surface area contributed by atoms with Crippen LogP contribution >= 0.6 is 23.2 Å². The fraction of sp³-hybridized carbons (Fsp3) is 0.526. The maximum absolute atomic E-state index is 13.1. The van der Waals surface area contributed by atoms with Crippen molar-refractivity contribution >= 4 is 45.7 Å². The molecule has 1 saturated heterocycles. The van der Waals surface area contributed by atoms with Crippen molar-refractivity contribution in [2.45, 2.75) is 31.7 Å². The van der Waals surface area contributed by atoms with Gasteiger partial charge in [-0.15, -0.1) is 10.2 Å². The molecule has 0 spiro atoms. The van der Waals surface area contributed by atoms with Crippen molar-refractivity contribution in [3.63, 3.8) is 0 Å². The highest BCUT2D eigenvalue weighted by Gasteiger charge is 2.26. The third-order valence-electron chi connectivity index (χ3n) is 5.51. The van der Waals surface area contributed by atoms with Crippen molar-refractivity contribution in [3.05, 3.63) is 27.9 Å². The van der Waals surface area contributed by atoms with Gasteiger partial charge in [0.15, 0.2) is 11.5 Å². The van der Waals surface area contributed by atoms with Crippen LogP contribution in [0.15, 0.2) is 12.1 Å². The lowest BCUT2D eigenvalue weighted by molar-refractivity contribution is 0.0659. The molecule has 2 aromatic rings. The van der Waals surface area contributed by atoms with Gasteiger partial charge in [-0.25, -0.2) is 0 Å². The molecule has 0 radical (unpaired) electrons. The van der Waals surface area contributed by atoms with Crippen LogP contribution in [0.2, 0.25) is 10.0 Å². The van der Waals surface area contributed by atoms with Gasteiger partial charge in [0, 0.05) is 43.0 Å². The van der Waals surface area contributed by atoms with E-state index >= 15 is 0 Å². The second-order valence-electron chi connectivity index (χ2n) is 7.43. The predicted molar refractivity (Wildman–Crippen MR) is 109 cm³/mol. The van der Waals surface area contributed by atoms with E-state index in [1.54, 1.807) is 12.1 Å². The van der Waals surface area contributed by atoms with Crippen molar-refractivity contribution in [2.24, 2.45) is 0 Å². The van der Waals surface area contributed by atoms with E-state index in [-0.39, 0.29) is 5.91 Å². The highest BCUT2D eigenvalue weighted by atomic mass is 35.5. The molecule has 0 unspecified atom stereocenters. The van der Waals surface area contributed by atoms with Crippen molar-refractivity contribution in [3.8, 4) is 0 Å². The topological polar surface area (TPSA) is 61.4 Å². The van der Waals surface area contributed by atoms with E-state index in [9.17, 15) is 4.79 Å². The molecule has 1 aromatic heterocycles. The number of likely N-dealkylation sites (N-methyl/N-ethyl adjacent to an activating group) is 1. The van der Waals surface area contributed by atoms with Crippen LogP contribution in [0.4, 0.5) is 5.82 Å². The molecule has 1 amide bonds. The van der Waals surface area contributed by atoms with Gasteiger partial charge in [-0.2, -0.15) is 0 Å². The largest absolute Gasteiger partial charge is 0.365 e. The Morgan fingerprint density at radius 3 is 2.33 bits per heavy atom. The number of benzene rings is 1.